The highest BCUT2D eigenvalue weighted by Gasteiger charge is 2.37. The standard InChI is InChI=1S/C25H22FN3O4/c1-4-33-21-7-5-6-20(14-21)29-24(31)22(23(30)27-25(29)32)13-17-12-15(2)28(16(17)3)19-10-8-18(26)9-11-19/h5-14H,4H2,1-3H3,(H,27,30,32)/b22-13+. The van der Waals surface area contributed by atoms with Crippen LogP contribution in [0.3, 0.4) is 0 Å². The fraction of sp³-hybridized carbons (Fsp3) is 0.160. The molecule has 0 saturated carbocycles. The number of hydrogen-bond acceptors (Lipinski definition) is 4. The Labute approximate surface area is 190 Å². The largest absolute Gasteiger partial charge is 0.494 e. The van der Waals surface area contributed by atoms with Crippen molar-refractivity contribution in [3.63, 3.8) is 0 Å². The number of anilines is 1. The zero-order chi connectivity index (χ0) is 23.7. The molecular weight excluding hydrogens is 425 g/mol. The Morgan fingerprint density at radius 1 is 1.00 bits per heavy atom. The van der Waals surface area contributed by atoms with Crippen LogP contribution in [0.5, 0.6) is 5.75 Å². The van der Waals surface area contributed by atoms with Gasteiger partial charge in [0.25, 0.3) is 11.8 Å². The number of urea groups is 1. The molecule has 2 heterocycles. The lowest BCUT2D eigenvalue weighted by atomic mass is 10.1. The highest BCUT2D eigenvalue weighted by molar-refractivity contribution is 6.39. The van der Waals surface area contributed by atoms with Crippen molar-refractivity contribution < 1.29 is 23.5 Å². The van der Waals surface area contributed by atoms with Crippen molar-refractivity contribution in [3.05, 3.63) is 82.9 Å². The van der Waals surface area contributed by atoms with Gasteiger partial charge in [0.1, 0.15) is 17.1 Å². The average Bonchev–Trinajstić information content (AvgIpc) is 3.05. The van der Waals surface area contributed by atoms with E-state index in [2.05, 4.69) is 5.32 Å². The van der Waals surface area contributed by atoms with Crippen molar-refractivity contribution in [2.24, 2.45) is 0 Å². The van der Waals surface area contributed by atoms with Gasteiger partial charge in [-0.1, -0.05) is 6.07 Å². The molecule has 0 aliphatic carbocycles. The summed E-state index contributed by atoms with van der Waals surface area (Å²) in [6, 6.07) is 13.6. The van der Waals surface area contributed by atoms with E-state index < -0.39 is 17.8 Å². The summed E-state index contributed by atoms with van der Waals surface area (Å²) < 4.78 is 20.7. The number of nitrogens with one attached hydrogen (secondary N) is 1. The number of hydrogen-bond donors (Lipinski definition) is 1. The fourth-order valence-electron chi connectivity index (χ4n) is 3.85. The van der Waals surface area contributed by atoms with Crippen LogP contribution in [-0.4, -0.2) is 29.0 Å². The number of barbiturate groups is 1. The van der Waals surface area contributed by atoms with Crippen molar-refractivity contribution in [3.8, 4) is 11.4 Å². The Hall–Kier alpha value is -4.20. The van der Waals surface area contributed by atoms with Gasteiger partial charge in [0.15, 0.2) is 0 Å². The van der Waals surface area contributed by atoms with E-state index in [1.807, 2.05) is 31.4 Å². The number of halogens is 1. The van der Waals surface area contributed by atoms with Crippen LogP contribution < -0.4 is 15.0 Å². The summed E-state index contributed by atoms with van der Waals surface area (Å²) in [6.07, 6.45) is 1.46. The van der Waals surface area contributed by atoms with Crippen LogP contribution in [0.25, 0.3) is 11.8 Å². The van der Waals surface area contributed by atoms with Crippen LogP contribution in [0.2, 0.25) is 0 Å². The summed E-state index contributed by atoms with van der Waals surface area (Å²) in [5, 5.41) is 2.23. The summed E-state index contributed by atoms with van der Waals surface area (Å²) in [5.41, 5.74) is 3.10. The summed E-state index contributed by atoms with van der Waals surface area (Å²) in [4.78, 5) is 39.2. The van der Waals surface area contributed by atoms with E-state index in [0.717, 1.165) is 22.0 Å². The number of imide groups is 2. The number of nitrogens with zero attached hydrogens (tertiary/aromatic N) is 2. The lowest BCUT2D eigenvalue weighted by Crippen LogP contribution is -2.54. The van der Waals surface area contributed by atoms with Gasteiger partial charge in [-0.25, -0.2) is 14.1 Å². The third kappa shape index (κ3) is 4.15. The van der Waals surface area contributed by atoms with Gasteiger partial charge in [0, 0.05) is 23.1 Å². The van der Waals surface area contributed by atoms with Crippen molar-refractivity contribution in [2.75, 3.05) is 11.5 Å². The molecule has 0 radical (unpaired) electrons. The lowest BCUT2D eigenvalue weighted by molar-refractivity contribution is -0.122. The third-order valence-corrected chi connectivity index (χ3v) is 5.34. The number of benzene rings is 2. The van der Waals surface area contributed by atoms with Crippen LogP contribution in [0.15, 0.2) is 60.2 Å². The summed E-state index contributed by atoms with van der Waals surface area (Å²) in [6.45, 7) is 5.96. The predicted octanol–water partition coefficient (Wildman–Crippen LogP) is 4.30. The monoisotopic (exact) mass is 447 g/mol. The maximum Gasteiger partial charge on any atom is 0.335 e. The van der Waals surface area contributed by atoms with Gasteiger partial charge < -0.3 is 9.30 Å². The summed E-state index contributed by atoms with van der Waals surface area (Å²) in [5.74, 6) is -1.34. The number of carbonyl (C=O) groups excluding carboxylic acids is 3. The molecule has 0 unspecified atom stereocenters. The Balaban J connectivity index is 1.73. The molecule has 1 aliphatic rings. The van der Waals surface area contributed by atoms with E-state index in [4.69, 9.17) is 4.74 Å². The van der Waals surface area contributed by atoms with E-state index in [1.165, 1.54) is 18.2 Å². The van der Waals surface area contributed by atoms with E-state index in [0.29, 0.717) is 23.6 Å². The van der Waals surface area contributed by atoms with Gasteiger partial charge in [-0.2, -0.15) is 0 Å². The Kier molecular flexibility index (Phi) is 5.83. The molecule has 0 atom stereocenters. The molecule has 8 heteroatoms. The van der Waals surface area contributed by atoms with Gasteiger partial charge in [0.2, 0.25) is 0 Å². The first-order valence-electron chi connectivity index (χ1n) is 10.4. The van der Waals surface area contributed by atoms with Crippen LogP contribution >= 0.6 is 0 Å². The SMILES string of the molecule is CCOc1cccc(N2C(=O)NC(=O)/C(=C\c3cc(C)n(-c4ccc(F)cc4)c3C)C2=O)c1. The second-order valence-corrected chi connectivity index (χ2v) is 7.53. The summed E-state index contributed by atoms with van der Waals surface area (Å²) >= 11 is 0. The smallest absolute Gasteiger partial charge is 0.335 e. The number of ether oxygens (including phenoxy) is 1. The van der Waals surface area contributed by atoms with Crippen molar-refractivity contribution in [1.29, 1.82) is 0 Å². The minimum atomic E-state index is -0.826. The molecule has 33 heavy (non-hydrogen) atoms. The van der Waals surface area contributed by atoms with E-state index in [-0.39, 0.29) is 11.4 Å². The van der Waals surface area contributed by atoms with Gasteiger partial charge in [-0.15, -0.1) is 0 Å². The summed E-state index contributed by atoms with van der Waals surface area (Å²) in [7, 11) is 0. The van der Waals surface area contributed by atoms with Crippen LogP contribution in [0.4, 0.5) is 14.9 Å². The molecule has 1 aromatic heterocycles. The normalized spacial score (nSPS) is 15.2. The average molecular weight is 447 g/mol. The first kappa shape index (κ1) is 22.0. The first-order chi connectivity index (χ1) is 15.8. The molecule has 1 N–H and O–H groups in total. The molecule has 0 spiro atoms. The topological polar surface area (TPSA) is 80.6 Å². The Bertz CT molecular complexity index is 1290. The van der Waals surface area contributed by atoms with Crippen molar-refractivity contribution in [1.82, 2.24) is 9.88 Å². The van der Waals surface area contributed by atoms with Crippen molar-refractivity contribution in [2.45, 2.75) is 20.8 Å². The van der Waals surface area contributed by atoms with E-state index >= 15 is 0 Å². The van der Waals surface area contributed by atoms with Gasteiger partial charge in [-0.05, 0) is 74.9 Å². The second kappa shape index (κ2) is 8.74. The maximum absolute atomic E-state index is 13.3. The highest BCUT2D eigenvalue weighted by atomic mass is 19.1. The van der Waals surface area contributed by atoms with Gasteiger partial charge >= 0.3 is 6.03 Å². The Morgan fingerprint density at radius 2 is 1.73 bits per heavy atom. The molecule has 2 aromatic carbocycles. The third-order valence-electron chi connectivity index (χ3n) is 5.34. The first-order valence-corrected chi connectivity index (χ1v) is 10.4. The maximum atomic E-state index is 13.3. The van der Waals surface area contributed by atoms with E-state index in [9.17, 15) is 18.8 Å². The number of rotatable bonds is 5. The molecule has 168 valence electrons. The molecular formula is C25H22FN3O4. The highest BCUT2D eigenvalue weighted by Crippen LogP contribution is 2.27. The van der Waals surface area contributed by atoms with Crippen molar-refractivity contribution >= 4 is 29.6 Å². The molecule has 4 rings (SSSR count). The van der Waals surface area contributed by atoms with E-state index in [1.54, 1.807) is 36.4 Å². The molecule has 1 saturated heterocycles. The van der Waals surface area contributed by atoms with Crippen LogP contribution in [0.1, 0.15) is 23.9 Å². The zero-order valence-corrected chi connectivity index (χ0v) is 18.4. The molecule has 0 bridgehead atoms. The fourth-order valence-corrected chi connectivity index (χ4v) is 3.85. The zero-order valence-electron chi connectivity index (χ0n) is 18.4. The number of carbonyl (C=O) groups is 3. The lowest BCUT2D eigenvalue weighted by Gasteiger charge is -2.26. The molecule has 4 amide bonds. The quantitative estimate of drug-likeness (QED) is 0.467. The van der Waals surface area contributed by atoms with Crippen LogP contribution in [-0.2, 0) is 9.59 Å². The molecule has 1 fully saturated rings. The van der Waals surface area contributed by atoms with Gasteiger partial charge in [0.05, 0.1) is 12.3 Å². The number of amides is 4. The molecule has 1 aliphatic heterocycles. The second-order valence-electron chi connectivity index (χ2n) is 7.53. The Morgan fingerprint density at radius 3 is 2.42 bits per heavy atom. The minimum absolute atomic E-state index is 0.171. The number of aromatic nitrogens is 1. The minimum Gasteiger partial charge on any atom is -0.494 e. The number of aryl methyl sites for hydroxylation is 1. The van der Waals surface area contributed by atoms with Crippen LogP contribution in [0, 0.1) is 19.7 Å². The predicted molar refractivity (Wildman–Crippen MR) is 122 cm³/mol. The molecule has 7 nitrogen and oxygen atoms in total. The van der Waals surface area contributed by atoms with Gasteiger partial charge in [-0.3, -0.25) is 14.9 Å². The molecule has 3 aromatic rings.